The van der Waals surface area contributed by atoms with E-state index in [9.17, 15) is 14.4 Å². The maximum absolute atomic E-state index is 12.7. The van der Waals surface area contributed by atoms with Crippen molar-refractivity contribution >= 4 is 18.0 Å². The van der Waals surface area contributed by atoms with Gasteiger partial charge in [0.05, 0.1) is 6.54 Å². The lowest BCUT2D eigenvalue weighted by Crippen LogP contribution is -2.46. The molecule has 8 nitrogen and oxygen atoms in total. The lowest BCUT2D eigenvalue weighted by atomic mass is 9.98. The maximum atomic E-state index is 12.7. The number of benzene rings is 2. The highest BCUT2D eigenvalue weighted by Gasteiger charge is 2.29. The minimum absolute atomic E-state index is 0.0332. The molecule has 8 heteroatoms. The van der Waals surface area contributed by atoms with Gasteiger partial charge >= 0.3 is 12.1 Å². The molecular weight excluding hydrogens is 448 g/mol. The van der Waals surface area contributed by atoms with Crippen molar-refractivity contribution in [1.29, 1.82) is 0 Å². The van der Waals surface area contributed by atoms with Gasteiger partial charge in [0.15, 0.2) is 0 Å². The number of alkyl carbamates (subject to hydrolysis) is 1. The molecule has 0 radical (unpaired) electrons. The fraction of sp³-hybridized carbons (Fsp3) is 0.222. The Bertz CT molecular complexity index is 1270. The van der Waals surface area contributed by atoms with Gasteiger partial charge in [-0.1, -0.05) is 48.5 Å². The van der Waals surface area contributed by atoms with Crippen molar-refractivity contribution in [1.82, 2.24) is 10.6 Å². The Hall–Kier alpha value is -4.51. The molecule has 35 heavy (non-hydrogen) atoms. The van der Waals surface area contributed by atoms with Crippen molar-refractivity contribution in [2.24, 2.45) is 0 Å². The summed E-state index contributed by atoms with van der Waals surface area (Å²) in [5.74, 6) is 3.77. The van der Waals surface area contributed by atoms with E-state index in [-0.39, 0.29) is 37.0 Å². The number of nitrogens with one attached hydrogen (secondary N) is 2. The number of ether oxygens (including phenoxy) is 1. The maximum Gasteiger partial charge on any atom is 0.407 e. The van der Waals surface area contributed by atoms with Crippen molar-refractivity contribution in [2.75, 3.05) is 6.61 Å². The molecule has 3 aromatic rings. The molecule has 1 atom stereocenters. The minimum atomic E-state index is -1.20. The summed E-state index contributed by atoms with van der Waals surface area (Å²) in [6, 6.07) is 17.9. The monoisotopic (exact) mass is 472 g/mol. The highest BCUT2D eigenvalue weighted by Crippen LogP contribution is 2.44. The summed E-state index contributed by atoms with van der Waals surface area (Å²) < 4.78 is 10.7. The van der Waals surface area contributed by atoms with Gasteiger partial charge in [0.2, 0.25) is 11.7 Å². The average molecular weight is 472 g/mol. The van der Waals surface area contributed by atoms with Gasteiger partial charge in [0.1, 0.15) is 18.4 Å². The molecule has 1 aliphatic rings. The van der Waals surface area contributed by atoms with Crippen LogP contribution >= 0.6 is 0 Å². The van der Waals surface area contributed by atoms with Gasteiger partial charge < -0.3 is 24.9 Å². The molecule has 1 heterocycles. The summed E-state index contributed by atoms with van der Waals surface area (Å²) in [6.07, 6.45) is -0.638. The first-order valence-electron chi connectivity index (χ1n) is 11.1. The van der Waals surface area contributed by atoms with Crippen molar-refractivity contribution in [3.05, 3.63) is 83.3 Å². The first-order valence-corrected chi connectivity index (χ1v) is 11.1. The van der Waals surface area contributed by atoms with E-state index < -0.39 is 24.0 Å². The topological polar surface area (TPSA) is 118 Å². The molecule has 178 valence electrons. The van der Waals surface area contributed by atoms with E-state index in [1.54, 1.807) is 6.92 Å². The Morgan fingerprint density at radius 3 is 2.29 bits per heavy atom. The summed E-state index contributed by atoms with van der Waals surface area (Å²) in [4.78, 5) is 36.2. The van der Waals surface area contributed by atoms with E-state index in [2.05, 4.69) is 34.6 Å². The van der Waals surface area contributed by atoms with Crippen LogP contribution in [0.4, 0.5) is 4.79 Å². The molecule has 2 amide bonds. The van der Waals surface area contributed by atoms with E-state index in [1.807, 2.05) is 36.4 Å². The first kappa shape index (κ1) is 23.6. The fourth-order valence-electron chi connectivity index (χ4n) is 4.08. The van der Waals surface area contributed by atoms with Crippen molar-refractivity contribution in [3.63, 3.8) is 0 Å². The smallest absolute Gasteiger partial charge is 0.407 e. The predicted octanol–water partition coefficient (Wildman–Crippen LogP) is 3.91. The molecule has 0 saturated carbocycles. The van der Waals surface area contributed by atoms with E-state index in [0.29, 0.717) is 0 Å². The number of hydrogen-bond donors (Lipinski definition) is 3. The minimum Gasteiger partial charge on any atom is -0.475 e. The molecule has 3 N–H and O–H groups in total. The van der Waals surface area contributed by atoms with Gasteiger partial charge in [-0.15, -0.1) is 11.8 Å². The zero-order valence-electron chi connectivity index (χ0n) is 19.0. The summed E-state index contributed by atoms with van der Waals surface area (Å²) in [5.41, 5.74) is 4.42. The van der Waals surface area contributed by atoms with Crippen LogP contribution in [0, 0.1) is 11.8 Å². The van der Waals surface area contributed by atoms with Crippen LogP contribution < -0.4 is 10.6 Å². The third kappa shape index (κ3) is 5.36. The second-order valence-electron chi connectivity index (χ2n) is 7.94. The number of furan rings is 1. The molecule has 0 spiro atoms. The highest BCUT2D eigenvalue weighted by atomic mass is 16.5. The largest absolute Gasteiger partial charge is 0.475 e. The number of carbonyl (C=O) groups is 3. The van der Waals surface area contributed by atoms with Crippen LogP contribution in [-0.2, 0) is 16.1 Å². The van der Waals surface area contributed by atoms with E-state index in [1.165, 1.54) is 12.1 Å². The zero-order valence-corrected chi connectivity index (χ0v) is 19.0. The number of rotatable bonds is 8. The van der Waals surface area contributed by atoms with E-state index in [0.717, 1.165) is 22.3 Å². The second-order valence-corrected chi connectivity index (χ2v) is 7.94. The van der Waals surface area contributed by atoms with Crippen LogP contribution in [0.1, 0.15) is 46.7 Å². The van der Waals surface area contributed by atoms with Gasteiger partial charge in [0, 0.05) is 12.3 Å². The Kier molecular flexibility index (Phi) is 7.17. The van der Waals surface area contributed by atoms with Gasteiger partial charge in [-0.2, -0.15) is 0 Å². The highest BCUT2D eigenvalue weighted by molar-refractivity contribution is 5.86. The molecule has 0 aliphatic heterocycles. The number of amides is 2. The lowest BCUT2D eigenvalue weighted by molar-refractivity contribution is -0.123. The fourth-order valence-corrected chi connectivity index (χ4v) is 4.08. The number of carboxylic acids is 1. The van der Waals surface area contributed by atoms with Gasteiger partial charge in [0.25, 0.3) is 0 Å². The Morgan fingerprint density at radius 1 is 1.03 bits per heavy atom. The summed E-state index contributed by atoms with van der Waals surface area (Å²) in [7, 11) is 0. The number of carbonyl (C=O) groups excluding carboxylic acids is 2. The predicted molar refractivity (Wildman–Crippen MR) is 128 cm³/mol. The molecule has 1 unspecified atom stereocenters. The van der Waals surface area contributed by atoms with Crippen LogP contribution in [-0.4, -0.2) is 35.7 Å². The van der Waals surface area contributed by atoms with Gasteiger partial charge in [-0.25, -0.2) is 9.59 Å². The molecule has 1 aliphatic carbocycles. The number of carboxylic acid groups (broad SMARTS) is 1. The Morgan fingerprint density at radius 2 is 1.69 bits per heavy atom. The molecular formula is C27H24N2O6. The SMILES string of the molecule is CC#CCC(NC(=O)OCC1c2ccccc2-c2ccccc21)C(=O)NCc1ccc(C(=O)O)o1. The second kappa shape index (κ2) is 10.6. The van der Waals surface area contributed by atoms with E-state index in [4.69, 9.17) is 14.3 Å². The standard InChI is InChI=1S/C27H24N2O6/c1-2-3-12-23(25(30)28-15-17-13-14-24(35-17)26(31)32)29-27(33)34-16-22-20-10-6-4-8-18(20)19-9-5-7-11-21(19)22/h4-11,13-14,22-23H,12,15-16H2,1H3,(H,28,30)(H,29,33)(H,31,32). The van der Waals surface area contributed by atoms with Crippen LogP contribution in [0.5, 0.6) is 0 Å². The number of hydrogen-bond acceptors (Lipinski definition) is 5. The van der Waals surface area contributed by atoms with Crippen molar-refractivity contribution < 1.29 is 28.6 Å². The summed E-state index contributed by atoms with van der Waals surface area (Å²) in [6.45, 7) is 1.73. The quantitative estimate of drug-likeness (QED) is 0.428. The van der Waals surface area contributed by atoms with Crippen LogP contribution in [0.25, 0.3) is 11.1 Å². The normalized spacial score (nSPS) is 12.5. The number of aromatic carboxylic acids is 1. The first-order chi connectivity index (χ1) is 17.0. The molecule has 0 saturated heterocycles. The molecule has 0 bridgehead atoms. The summed E-state index contributed by atoms with van der Waals surface area (Å²) >= 11 is 0. The van der Waals surface area contributed by atoms with Gasteiger partial charge in [-0.05, 0) is 41.3 Å². The van der Waals surface area contributed by atoms with Crippen LogP contribution in [0.15, 0.2) is 65.1 Å². The zero-order chi connectivity index (χ0) is 24.8. The van der Waals surface area contributed by atoms with E-state index >= 15 is 0 Å². The number of fused-ring (bicyclic) bond motifs is 3. The van der Waals surface area contributed by atoms with Crippen molar-refractivity contribution in [3.8, 4) is 23.0 Å². The molecule has 4 rings (SSSR count). The van der Waals surface area contributed by atoms with Gasteiger partial charge in [-0.3, -0.25) is 4.79 Å². The summed E-state index contributed by atoms with van der Waals surface area (Å²) in [5, 5.41) is 14.1. The van der Waals surface area contributed by atoms with Crippen molar-refractivity contribution in [2.45, 2.75) is 31.8 Å². The third-order valence-corrected chi connectivity index (χ3v) is 5.74. The molecule has 0 fully saturated rings. The average Bonchev–Trinajstić information content (AvgIpc) is 3.47. The third-order valence-electron chi connectivity index (χ3n) is 5.74. The Balaban J connectivity index is 1.37. The van der Waals surface area contributed by atoms with Crippen LogP contribution in [0.3, 0.4) is 0 Å². The Labute approximate surface area is 202 Å². The lowest BCUT2D eigenvalue weighted by Gasteiger charge is -2.18. The van der Waals surface area contributed by atoms with Crippen LogP contribution in [0.2, 0.25) is 0 Å². The molecule has 1 aromatic heterocycles. The molecule has 2 aromatic carbocycles.